The lowest BCUT2D eigenvalue weighted by Crippen LogP contribution is -2.39. The lowest BCUT2D eigenvalue weighted by Gasteiger charge is -2.32. The van der Waals surface area contributed by atoms with Crippen molar-refractivity contribution in [2.24, 2.45) is 5.41 Å². The number of hydrogen-bond acceptors (Lipinski definition) is 3. The molecule has 4 nitrogen and oxygen atoms in total. The van der Waals surface area contributed by atoms with Crippen molar-refractivity contribution in [3.05, 3.63) is 0 Å². The van der Waals surface area contributed by atoms with E-state index in [-0.39, 0.29) is 17.6 Å². The van der Waals surface area contributed by atoms with Crippen LogP contribution in [0.2, 0.25) is 0 Å². The molecule has 0 spiro atoms. The Morgan fingerprint density at radius 3 is 2.47 bits per heavy atom. The van der Waals surface area contributed by atoms with Gasteiger partial charge in [-0.15, -0.1) is 0 Å². The molecule has 0 aromatic heterocycles. The number of aldehydes is 1. The second kappa shape index (κ2) is 2.97. The third kappa shape index (κ3) is 1.73. The number of fused-ring (bicyclic) bond motifs is 1. The van der Waals surface area contributed by atoms with Crippen LogP contribution in [0.15, 0.2) is 0 Å². The topological polar surface area (TPSA) is 46.6 Å². The molecule has 0 N–H and O–H groups in total. The van der Waals surface area contributed by atoms with Gasteiger partial charge in [0.1, 0.15) is 11.9 Å². The minimum atomic E-state index is -0.460. The number of carbonyl (C=O) groups excluding carboxylic acids is 2. The molecule has 0 aromatic rings. The van der Waals surface area contributed by atoms with Gasteiger partial charge in [0, 0.05) is 18.0 Å². The van der Waals surface area contributed by atoms with E-state index in [1.807, 2.05) is 20.8 Å². The number of amides is 1. The van der Waals surface area contributed by atoms with E-state index in [4.69, 9.17) is 4.74 Å². The molecule has 3 aliphatic rings. The molecule has 1 saturated carbocycles. The SMILES string of the molecule is CC(C)(C)OC(=O)N1CC2(C=O)CC1C2. The van der Waals surface area contributed by atoms with Gasteiger partial charge in [-0.05, 0) is 33.6 Å². The highest BCUT2D eigenvalue weighted by Gasteiger charge is 2.57. The Hall–Kier alpha value is -1.06. The van der Waals surface area contributed by atoms with Gasteiger partial charge in [-0.3, -0.25) is 0 Å². The van der Waals surface area contributed by atoms with Crippen LogP contribution in [0.4, 0.5) is 4.79 Å². The molecule has 15 heavy (non-hydrogen) atoms. The Balaban J connectivity index is 1.98. The lowest BCUT2D eigenvalue weighted by atomic mass is 9.71. The van der Waals surface area contributed by atoms with Crippen LogP contribution in [0.25, 0.3) is 0 Å². The summed E-state index contributed by atoms with van der Waals surface area (Å²) in [6.07, 6.45) is 2.34. The van der Waals surface area contributed by atoms with Crippen molar-refractivity contribution in [2.75, 3.05) is 6.54 Å². The fraction of sp³-hybridized carbons (Fsp3) is 0.818. The zero-order chi connectivity index (χ0) is 11.3. The maximum Gasteiger partial charge on any atom is 0.410 e. The molecular formula is C11H17NO3. The maximum atomic E-state index is 11.7. The molecular weight excluding hydrogens is 194 g/mol. The second-order valence-electron chi connectivity index (χ2n) is 5.65. The Morgan fingerprint density at radius 1 is 1.47 bits per heavy atom. The standard InChI is InChI=1S/C11H17NO3/c1-10(2,3)15-9(14)12-6-11(7-13)4-8(12)5-11/h7-8H,4-6H2,1-3H3. The van der Waals surface area contributed by atoms with Crippen LogP contribution in [0.1, 0.15) is 33.6 Å². The number of nitrogens with zero attached hydrogens (tertiary/aromatic N) is 1. The van der Waals surface area contributed by atoms with Crippen LogP contribution in [0.3, 0.4) is 0 Å². The highest BCUT2D eigenvalue weighted by atomic mass is 16.6. The molecule has 84 valence electrons. The minimum absolute atomic E-state index is 0.227. The fourth-order valence-corrected chi connectivity index (χ4v) is 2.36. The molecule has 0 aromatic carbocycles. The van der Waals surface area contributed by atoms with Crippen LogP contribution in [-0.4, -0.2) is 35.5 Å². The molecule has 1 aliphatic carbocycles. The van der Waals surface area contributed by atoms with E-state index < -0.39 is 5.60 Å². The Kier molecular flexibility index (Phi) is 2.07. The molecule has 0 radical (unpaired) electrons. The van der Waals surface area contributed by atoms with Crippen LogP contribution in [0, 0.1) is 5.41 Å². The van der Waals surface area contributed by atoms with Gasteiger partial charge in [0.2, 0.25) is 0 Å². The van der Waals surface area contributed by atoms with Crippen molar-refractivity contribution in [1.82, 2.24) is 4.90 Å². The van der Waals surface area contributed by atoms with E-state index in [2.05, 4.69) is 0 Å². The monoisotopic (exact) mass is 211 g/mol. The summed E-state index contributed by atoms with van der Waals surface area (Å²) in [4.78, 5) is 24.3. The molecule has 2 aliphatic heterocycles. The molecule has 2 bridgehead atoms. The van der Waals surface area contributed by atoms with Crippen LogP contribution >= 0.6 is 0 Å². The predicted molar refractivity (Wildman–Crippen MR) is 54.5 cm³/mol. The van der Waals surface area contributed by atoms with Crippen molar-refractivity contribution >= 4 is 12.4 Å². The normalized spacial score (nSPS) is 33.5. The van der Waals surface area contributed by atoms with Gasteiger partial charge in [0.15, 0.2) is 0 Å². The van der Waals surface area contributed by atoms with Crippen molar-refractivity contribution in [1.29, 1.82) is 0 Å². The summed E-state index contributed by atoms with van der Waals surface area (Å²) in [5, 5.41) is 0. The maximum absolute atomic E-state index is 11.7. The first-order valence-corrected chi connectivity index (χ1v) is 5.31. The number of carbonyl (C=O) groups is 2. The Morgan fingerprint density at radius 2 is 2.07 bits per heavy atom. The first kappa shape index (κ1) is 10.5. The summed E-state index contributed by atoms with van der Waals surface area (Å²) in [7, 11) is 0. The second-order valence-corrected chi connectivity index (χ2v) is 5.65. The van der Waals surface area contributed by atoms with E-state index >= 15 is 0 Å². The molecule has 0 unspecified atom stereocenters. The van der Waals surface area contributed by atoms with Crippen LogP contribution < -0.4 is 0 Å². The van der Waals surface area contributed by atoms with E-state index in [1.165, 1.54) is 0 Å². The zero-order valence-electron chi connectivity index (χ0n) is 9.45. The summed E-state index contributed by atoms with van der Waals surface area (Å²) >= 11 is 0. The Bertz CT molecular complexity index is 299. The number of hydrogen-bond donors (Lipinski definition) is 0. The fourth-order valence-electron chi connectivity index (χ4n) is 2.36. The van der Waals surface area contributed by atoms with Gasteiger partial charge in [-0.1, -0.05) is 0 Å². The van der Waals surface area contributed by atoms with Gasteiger partial charge in [-0.2, -0.15) is 0 Å². The first-order valence-electron chi connectivity index (χ1n) is 5.31. The van der Waals surface area contributed by atoms with Crippen molar-refractivity contribution in [3.8, 4) is 0 Å². The first-order chi connectivity index (χ1) is 6.85. The molecule has 3 fully saturated rings. The zero-order valence-corrected chi connectivity index (χ0v) is 9.45. The largest absolute Gasteiger partial charge is 0.444 e. The van der Waals surface area contributed by atoms with Gasteiger partial charge in [0.25, 0.3) is 0 Å². The summed E-state index contributed by atoms with van der Waals surface area (Å²) < 4.78 is 5.28. The molecule has 0 atom stereocenters. The summed E-state index contributed by atoms with van der Waals surface area (Å²) in [5.74, 6) is 0. The quantitative estimate of drug-likeness (QED) is 0.619. The van der Waals surface area contributed by atoms with Crippen molar-refractivity contribution in [3.63, 3.8) is 0 Å². The third-order valence-corrected chi connectivity index (χ3v) is 3.09. The number of ether oxygens (including phenoxy) is 1. The molecule has 2 heterocycles. The van der Waals surface area contributed by atoms with Gasteiger partial charge in [0.05, 0.1) is 0 Å². The van der Waals surface area contributed by atoms with Gasteiger partial charge in [-0.25, -0.2) is 4.79 Å². The molecule has 2 saturated heterocycles. The summed E-state index contributed by atoms with van der Waals surface area (Å²) in [6, 6.07) is 0.227. The van der Waals surface area contributed by atoms with Gasteiger partial charge >= 0.3 is 6.09 Å². The molecule has 1 amide bonds. The highest BCUT2D eigenvalue weighted by molar-refractivity contribution is 5.74. The smallest absolute Gasteiger partial charge is 0.410 e. The average Bonchev–Trinajstić information content (AvgIpc) is 2.53. The minimum Gasteiger partial charge on any atom is -0.444 e. The van der Waals surface area contributed by atoms with Crippen LogP contribution in [-0.2, 0) is 9.53 Å². The van der Waals surface area contributed by atoms with E-state index in [0.717, 1.165) is 19.1 Å². The highest BCUT2D eigenvalue weighted by Crippen LogP contribution is 2.50. The van der Waals surface area contributed by atoms with E-state index in [9.17, 15) is 9.59 Å². The molecule has 3 rings (SSSR count). The summed E-state index contributed by atoms with van der Waals surface area (Å²) in [6.45, 7) is 6.08. The molecule has 4 heteroatoms. The average molecular weight is 211 g/mol. The third-order valence-electron chi connectivity index (χ3n) is 3.09. The van der Waals surface area contributed by atoms with Gasteiger partial charge < -0.3 is 14.4 Å². The van der Waals surface area contributed by atoms with Crippen molar-refractivity contribution in [2.45, 2.75) is 45.3 Å². The van der Waals surface area contributed by atoms with E-state index in [0.29, 0.717) is 6.54 Å². The lowest BCUT2D eigenvalue weighted by molar-refractivity contribution is -0.117. The number of rotatable bonds is 1. The van der Waals surface area contributed by atoms with Crippen molar-refractivity contribution < 1.29 is 14.3 Å². The van der Waals surface area contributed by atoms with Crippen LogP contribution in [0.5, 0.6) is 0 Å². The van der Waals surface area contributed by atoms with E-state index in [1.54, 1.807) is 4.90 Å². The summed E-state index contributed by atoms with van der Waals surface area (Å²) in [5.41, 5.74) is -0.708. The Labute approximate surface area is 89.6 Å². The predicted octanol–water partition coefficient (Wildman–Crippen LogP) is 1.58.